The Balaban J connectivity index is 3.21. The van der Waals surface area contributed by atoms with Crippen LogP contribution in [0.4, 0.5) is 0 Å². The molecule has 0 aliphatic rings. The fraction of sp³-hybridized carbons (Fsp3) is 0.909. The molecule has 0 rings (SSSR count). The van der Waals surface area contributed by atoms with Crippen LogP contribution in [0.1, 0.15) is 117 Å². The van der Waals surface area contributed by atoms with E-state index in [1.54, 1.807) is 0 Å². The van der Waals surface area contributed by atoms with Crippen LogP contribution < -0.4 is 0 Å². The van der Waals surface area contributed by atoms with E-state index >= 15 is 0 Å². The number of rotatable bonds is 19. The van der Waals surface area contributed by atoms with Crippen molar-refractivity contribution in [2.45, 2.75) is 117 Å². The van der Waals surface area contributed by atoms with E-state index in [4.69, 9.17) is 9.47 Å². The minimum Gasteiger partial charge on any atom is -0.466 e. The Morgan fingerprint density at radius 2 is 0.962 bits per heavy atom. The number of carbonyl (C=O) groups is 2. The Labute approximate surface area is 161 Å². The molecule has 0 radical (unpaired) electrons. The maximum atomic E-state index is 11.6. The molecule has 0 saturated heterocycles. The lowest BCUT2D eigenvalue weighted by Gasteiger charge is -2.05. The van der Waals surface area contributed by atoms with E-state index in [0.717, 1.165) is 32.1 Å². The quantitative estimate of drug-likeness (QED) is 0.196. The van der Waals surface area contributed by atoms with E-state index in [9.17, 15) is 9.59 Å². The molecule has 0 aromatic heterocycles. The summed E-state index contributed by atoms with van der Waals surface area (Å²) in [5.41, 5.74) is 0. The third-order valence-electron chi connectivity index (χ3n) is 4.58. The zero-order valence-electron chi connectivity index (χ0n) is 17.4. The van der Waals surface area contributed by atoms with Gasteiger partial charge < -0.3 is 9.47 Å². The van der Waals surface area contributed by atoms with E-state index in [-0.39, 0.29) is 11.9 Å². The highest BCUT2D eigenvalue weighted by Crippen LogP contribution is 2.11. The molecular weight excluding hydrogens is 328 g/mol. The average molecular weight is 371 g/mol. The normalized spacial score (nSPS) is 10.7. The predicted molar refractivity (Wildman–Crippen MR) is 107 cm³/mol. The van der Waals surface area contributed by atoms with Crippen LogP contribution in [0.2, 0.25) is 0 Å². The summed E-state index contributed by atoms with van der Waals surface area (Å²) in [6.07, 6.45) is 17.6. The Morgan fingerprint density at radius 3 is 1.46 bits per heavy atom. The Kier molecular flexibility index (Phi) is 19.4. The number of hydrogen-bond donors (Lipinski definition) is 0. The summed E-state index contributed by atoms with van der Waals surface area (Å²) in [4.78, 5) is 22.8. The van der Waals surface area contributed by atoms with E-state index in [1.807, 2.05) is 6.92 Å². The lowest BCUT2D eigenvalue weighted by atomic mass is 10.1. The van der Waals surface area contributed by atoms with Crippen LogP contribution in [0.25, 0.3) is 0 Å². The lowest BCUT2D eigenvalue weighted by molar-refractivity contribution is -0.144. The zero-order valence-corrected chi connectivity index (χ0v) is 17.4. The van der Waals surface area contributed by atoms with Crippen LogP contribution in [0.3, 0.4) is 0 Å². The highest BCUT2D eigenvalue weighted by Gasteiger charge is 2.04. The monoisotopic (exact) mass is 370 g/mol. The molecule has 0 unspecified atom stereocenters. The first kappa shape index (κ1) is 24.9. The van der Waals surface area contributed by atoms with Crippen molar-refractivity contribution < 1.29 is 19.1 Å². The molecule has 0 aliphatic heterocycles. The first-order valence-corrected chi connectivity index (χ1v) is 11.0. The first-order valence-electron chi connectivity index (χ1n) is 11.0. The first-order chi connectivity index (χ1) is 12.7. The maximum Gasteiger partial charge on any atom is 0.305 e. The fourth-order valence-corrected chi connectivity index (χ4v) is 2.97. The zero-order chi connectivity index (χ0) is 19.3. The van der Waals surface area contributed by atoms with Crippen molar-refractivity contribution in [1.82, 2.24) is 0 Å². The van der Waals surface area contributed by atoms with Gasteiger partial charge in [-0.3, -0.25) is 9.59 Å². The molecule has 0 amide bonds. The SMILES string of the molecule is CCCCCCCCCCCCCOC(=O)CCCCCC(=O)OCC. The molecule has 154 valence electrons. The topological polar surface area (TPSA) is 52.6 Å². The average Bonchev–Trinajstić information content (AvgIpc) is 2.62. The summed E-state index contributed by atoms with van der Waals surface area (Å²) in [6, 6.07) is 0. The maximum absolute atomic E-state index is 11.6. The van der Waals surface area contributed by atoms with Crippen molar-refractivity contribution in [2.75, 3.05) is 13.2 Å². The molecule has 4 heteroatoms. The van der Waals surface area contributed by atoms with Gasteiger partial charge in [0.2, 0.25) is 0 Å². The summed E-state index contributed by atoms with van der Waals surface area (Å²) < 4.78 is 10.1. The summed E-state index contributed by atoms with van der Waals surface area (Å²) in [7, 11) is 0. The van der Waals surface area contributed by atoms with Crippen LogP contribution in [0.5, 0.6) is 0 Å². The standard InChI is InChI=1S/C22H42O4/c1-3-5-6-7-8-9-10-11-12-13-17-20-26-22(24)19-16-14-15-18-21(23)25-4-2/h3-20H2,1-2H3. The second kappa shape index (κ2) is 20.3. The summed E-state index contributed by atoms with van der Waals surface area (Å²) in [6.45, 7) is 5.05. The van der Waals surface area contributed by atoms with Crippen molar-refractivity contribution in [1.29, 1.82) is 0 Å². The second-order valence-corrected chi connectivity index (χ2v) is 7.12. The molecule has 0 aromatic rings. The molecule has 0 aromatic carbocycles. The van der Waals surface area contributed by atoms with Crippen molar-refractivity contribution in [3.8, 4) is 0 Å². The van der Waals surface area contributed by atoms with Gasteiger partial charge in [0.25, 0.3) is 0 Å². The third kappa shape index (κ3) is 19.3. The van der Waals surface area contributed by atoms with Crippen molar-refractivity contribution in [2.24, 2.45) is 0 Å². The van der Waals surface area contributed by atoms with Gasteiger partial charge in [-0.2, -0.15) is 0 Å². The van der Waals surface area contributed by atoms with Gasteiger partial charge in [0, 0.05) is 12.8 Å². The van der Waals surface area contributed by atoms with Gasteiger partial charge in [0.1, 0.15) is 0 Å². The number of unbranched alkanes of at least 4 members (excludes halogenated alkanes) is 12. The summed E-state index contributed by atoms with van der Waals surface area (Å²) in [5, 5.41) is 0. The molecule has 0 atom stereocenters. The minimum atomic E-state index is -0.147. The molecule has 0 spiro atoms. The molecule has 0 fully saturated rings. The van der Waals surface area contributed by atoms with E-state index in [2.05, 4.69) is 6.92 Å². The molecule has 0 bridgehead atoms. The predicted octanol–water partition coefficient (Wildman–Crippen LogP) is 6.35. The Hall–Kier alpha value is -1.06. The van der Waals surface area contributed by atoms with Crippen molar-refractivity contribution >= 4 is 11.9 Å². The molecular formula is C22H42O4. The number of carbonyl (C=O) groups excluding carboxylic acids is 2. The molecule has 0 aliphatic carbocycles. The number of esters is 2. The van der Waals surface area contributed by atoms with Gasteiger partial charge in [-0.05, 0) is 26.2 Å². The van der Waals surface area contributed by atoms with E-state index in [0.29, 0.717) is 26.1 Å². The molecule has 0 heterocycles. The van der Waals surface area contributed by atoms with Gasteiger partial charge in [-0.1, -0.05) is 77.6 Å². The summed E-state index contributed by atoms with van der Waals surface area (Å²) in [5.74, 6) is -0.250. The smallest absolute Gasteiger partial charge is 0.305 e. The van der Waals surface area contributed by atoms with Gasteiger partial charge in [0.15, 0.2) is 0 Å². The molecule has 4 nitrogen and oxygen atoms in total. The highest BCUT2D eigenvalue weighted by atomic mass is 16.5. The van der Waals surface area contributed by atoms with E-state index in [1.165, 1.54) is 57.8 Å². The van der Waals surface area contributed by atoms with Crippen LogP contribution >= 0.6 is 0 Å². The minimum absolute atomic E-state index is 0.104. The molecule has 0 N–H and O–H groups in total. The summed E-state index contributed by atoms with van der Waals surface area (Å²) >= 11 is 0. The van der Waals surface area contributed by atoms with Gasteiger partial charge in [-0.15, -0.1) is 0 Å². The van der Waals surface area contributed by atoms with Crippen LogP contribution in [0, 0.1) is 0 Å². The Bertz CT molecular complexity index is 328. The van der Waals surface area contributed by atoms with E-state index < -0.39 is 0 Å². The largest absolute Gasteiger partial charge is 0.466 e. The number of hydrogen-bond acceptors (Lipinski definition) is 4. The van der Waals surface area contributed by atoms with Gasteiger partial charge >= 0.3 is 11.9 Å². The lowest BCUT2D eigenvalue weighted by Crippen LogP contribution is -2.06. The van der Waals surface area contributed by atoms with Crippen LogP contribution in [0.15, 0.2) is 0 Å². The van der Waals surface area contributed by atoms with Crippen LogP contribution in [-0.4, -0.2) is 25.2 Å². The van der Waals surface area contributed by atoms with Gasteiger partial charge in [-0.25, -0.2) is 0 Å². The Morgan fingerprint density at radius 1 is 0.538 bits per heavy atom. The van der Waals surface area contributed by atoms with Crippen LogP contribution in [-0.2, 0) is 19.1 Å². The van der Waals surface area contributed by atoms with Gasteiger partial charge in [0.05, 0.1) is 13.2 Å². The third-order valence-corrected chi connectivity index (χ3v) is 4.58. The second-order valence-electron chi connectivity index (χ2n) is 7.12. The van der Waals surface area contributed by atoms with Crippen molar-refractivity contribution in [3.05, 3.63) is 0 Å². The highest BCUT2D eigenvalue weighted by molar-refractivity contribution is 5.69. The van der Waals surface area contributed by atoms with Crippen molar-refractivity contribution in [3.63, 3.8) is 0 Å². The number of ether oxygens (including phenoxy) is 2. The molecule has 0 saturated carbocycles. The molecule has 26 heavy (non-hydrogen) atoms. The fourth-order valence-electron chi connectivity index (χ4n) is 2.97.